The first-order chi connectivity index (χ1) is 9.31. The van der Waals surface area contributed by atoms with E-state index in [9.17, 15) is 0 Å². The zero-order valence-corrected chi connectivity index (χ0v) is 11.0. The van der Waals surface area contributed by atoms with E-state index in [-0.39, 0.29) is 5.84 Å². The number of nitrogens with one attached hydrogen (secondary N) is 1. The van der Waals surface area contributed by atoms with Crippen LogP contribution in [0.15, 0.2) is 29.4 Å². The van der Waals surface area contributed by atoms with Gasteiger partial charge >= 0.3 is 0 Å². The summed E-state index contributed by atoms with van der Waals surface area (Å²) in [6, 6.07) is 7.69. The van der Waals surface area contributed by atoms with Crippen LogP contribution < -0.4 is 11.1 Å². The standard InChI is InChI=1S/C14H21N3O2/c15-14(17-18)13-4-2-1-3-12(13)10-16-9-11-5-7-19-8-6-11/h1-4,11,16,18H,5-10H2,(H2,15,17). The van der Waals surface area contributed by atoms with Gasteiger partial charge in [-0.1, -0.05) is 29.4 Å². The maximum Gasteiger partial charge on any atom is 0.170 e. The molecule has 1 saturated heterocycles. The van der Waals surface area contributed by atoms with Gasteiger partial charge < -0.3 is 21.0 Å². The summed E-state index contributed by atoms with van der Waals surface area (Å²) in [6.45, 7) is 3.44. The van der Waals surface area contributed by atoms with Crippen molar-refractivity contribution in [2.75, 3.05) is 19.8 Å². The summed E-state index contributed by atoms with van der Waals surface area (Å²) >= 11 is 0. The average molecular weight is 263 g/mol. The van der Waals surface area contributed by atoms with Gasteiger partial charge in [0, 0.05) is 25.3 Å². The molecule has 1 aromatic carbocycles. The second kappa shape index (κ2) is 7.11. The predicted octanol–water partition coefficient (Wildman–Crippen LogP) is 1.30. The molecule has 0 spiro atoms. The molecule has 19 heavy (non-hydrogen) atoms. The summed E-state index contributed by atoms with van der Waals surface area (Å²) in [5.74, 6) is 0.841. The third-order valence-corrected chi connectivity index (χ3v) is 3.49. The Bertz CT molecular complexity index is 428. The molecule has 0 amide bonds. The minimum absolute atomic E-state index is 0.156. The molecule has 1 aliphatic heterocycles. The Balaban J connectivity index is 1.88. The highest BCUT2D eigenvalue weighted by Crippen LogP contribution is 2.14. The van der Waals surface area contributed by atoms with Gasteiger partial charge in [-0.2, -0.15) is 0 Å². The molecule has 1 aromatic rings. The van der Waals surface area contributed by atoms with Crippen molar-refractivity contribution in [3.8, 4) is 0 Å². The highest BCUT2D eigenvalue weighted by molar-refractivity contribution is 5.98. The van der Waals surface area contributed by atoms with E-state index in [1.165, 1.54) is 0 Å². The Hall–Kier alpha value is -1.59. The van der Waals surface area contributed by atoms with E-state index in [0.29, 0.717) is 5.92 Å². The topological polar surface area (TPSA) is 79.9 Å². The molecule has 0 atom stereocenters. The van der Waals surface area contributed by atoms with Crippen LogP contribution >= 0.6 is 0 Å². The highest BCUT2D eigenvalue weighted by Gasteiger charge is 2.13. The SMILES string of the molecule is NC(=NO)c1ccccc1CNCC1CCOCC1. The third-order valence-electron chi connectivity index (χ3n) is 3.49. The molecule has 5 heteroatoms. The Kier molecular flexibility index (Phi) is 5.18. The average Bonchev–Trinajstić information content (AvgIpc) is 2.48. The molecule has 1 fully saturated rings. The summed E-state index contributed by atoms with van der Waals surface area (Å²) in [7, 11) is 0. The van der Waals surface area contributed by atoms with Crippen molar-refractivity contribution in [3.63, 3.8) is 0 Å². The molecule has 0 saturated carbocycles. The minimum atomic E-state index is 0.156. The fraction of sp³-hybridized carbons (Fsp3) is 0.500. The fourth-order valence-electron chi connectivity index (χ4n) is 2.34. The van der Waals surface area contributed by atoms with Crippen LogP contribution in [0.5, 0.6) is 0 Å². The first-order valence-corrected chi connectivity index (χ1v) is 6.65. The van der Waals surface area contributed by atoms with E-state index >= 15 is 0 Å². The van der Waals surface area contributed by atoms with Crippen LogP contribution in [0.1, 0.15) is 24.0 Å². The van der Waals surface area contributed by atoms with E-state index in [0.717, 1.165) is 50.3 Å². The van der Waals surface area contributed by atoms with Crippen molar-refractivity contribution < 1.29 is 9.94 Å². The number of amidine groups is 1. The van der Waals surface area contributed by atoms with Crippen LogP contribution in [-0.4, -0.2) is 30.8 Å². The van der Waals surface area contributed by atoms with Gasteiger partial charge in [0.1, 0.15) is 0 Å². The molecule has 0 aromatic heterocycles. The van der Waals surface area contributed by atoms with Crippen LogP contribution in [0.2, 0.25) is 0 Å². The van der Waals surface area contributed by atoms with Crippen molar-refractivity contribution in [1.82, 2.24) is 5.32 Å². The smallest absolute Gasteiger partial charge is 0.170 e. The fourth-order valence-corrected chi connectivity index (χ4v) is 2.34. The van der Waals surface area contributed by atoms with Gasteiger partial charge in [-0.15, -0.1) is 0 Å². The molecule has 4 N–H and O–H groups in total. The van der Waals surface area contributed by atoms with Crippen molar-refractivity contribution in [2.24, 2.45) is 16.8 Å². The Labute approximate surface area is 113 Å². The van der Waals surface area contributed by atoms with Gasteiger partial charge in [0.05, 0.1) is 0 Å². The van der Waals surface area contributed by atoms with Crippen molar-refractivity contribution in [2.45, 2.75) is 19.4 Å². The number of rotatable bonds is 5. The van der Waals surface area contributed by atoms with Gasteiger partial charge in [-0.3, -0.25) is 0 Å². The number of benzene rings is 1. The first-order valence-electron chi connectivity index (χ1n) is 6.65. The van der Waals surface area contributed by atoms with Gasteiger partial charge in [-0.25, -0.2) is 0 Å². The summed E-state index contributed by atoms with van der Waals surface area (Å²) in [5.41, 5.74) is 7.49. The molecule has 5 nitrogen and oxygen atoms in total. The lowest BCUT2D eigenvalue weighted by molar-refractivity contribution is 0.0662. The number of nitrogens with zero attached hydrogens (tertiary/aromatic N) is 1. The van der Waals surface area contributed by atoms with E-state index in [4.69, 9.17) is 15.7 Å². The summed E-state index contributed by atoms with van der Waals surface area (Å²) in [6.07, 6.45) is 2.24. The van der Waals surface area contributed by atoms with E-state index in [1.807, 2.05) is 24.3 Å². The Morgan fingerprint density at radius 2 is 2.11 bits per heavy atom. The number of hydrogen-bond acceptors (Lipinski definition) is 4. The minimum Gasteiger partial charge on any atom is -0.409 e. The van der Waals surface area contributed by atoms with E-state index in [2.05, 4.69) is 10.5 Å². The van der Waals surface area contributed by atoms with Crippen molar-refractivity contribution in [1.29, 1.82) is 0 Å². The van der Waals surface area contributed by atoms with Crippen LogP contribution in [0, 0.1) is 5.92 Å². The zero-order valence-electron chi connectivity index (χ0n) is 11.0. The summed E-state index contributed by atoms with van der Waals surface area (Å²) < 4.78 is 5.34. The molecular weight excluding hydrogens is 242 g/mol. The monoisotopic (exact) mass is 263 g/mol. The largest absolute Gasteiger partial charge is 0.409 e. The first kappa shape index (κ1) is 13.8. The number of hydrogen-bond donors (Lipinski definition) is 3. The van der Waals surface area contributed by atoms with Crippen LogP contribution in [0.3, 0.4) is 0 Å². The van der Waals surface area contributed by atoms with Crippen molar-refractivity contribution in [3.05, 3.63) is 35.4 Å². The number of oxime groups is 1. The number of ether oxygens (including phenoxy) is 1. The normalized spacial score (nSPS) is 17.6. The summed E-state index contributed by atoms with van der Waals surface area (Å²) in [4.78, 5) is 0. The van der Waals surface area contributed by atoms with Gasteiger partial charge in [-0.05, 0) is 30.9 Å². The zero-order chi connectivity index (χ0) is 13.5. The maximum absolute atomic E-state index is 8.77. The Morgan fingerprint density at radius 1 is 1.37 bits per heavy atom. The lowest BCUT2D eigenvalue weighted by atomic mass is 10.00. The highest BCUT2D eigenvalue weighted by atomic mass is 16.5. The second-order valence-corrected chi connectivity index (χ2v) is 4.83. The van der Waals surface area contributed by atoms with Gasteiger partial charge in [0.25, 0.3) is 0 Å². The van der Waals surface area contributed by atoms with Crippen LogP contribution in [-0.2, 0) is 11.3 Å². The molecule has 1 aliphatic rings. The van der Waals surface area contributed by atoms with Crippen molar-refractivity contribution >= 4 is 5.84 Å². The molecule has 0 bridgehead atoms. The second-order valence-electron chi connectivity index (χ2n) is 4.83. The predicted molar refractivity (Wildman–Crippen MR) is 74.2 cm³/mol. The van der Waals surface area contributed by atoms with Gasteiger partial charge in [0.15, 0.2) is 5.84 Å². The molecule has 2 rings (SSSR count). The molecule has 1 heterocycles. The molecule has 0 radical (unpaired) electrons. The maximum atomic E-state index is 8.77. The quantitative estimate of drug-likeness (QED) is 0.324. The van der Waals surface area contributed by atoms with Crippen LogP contribution in [0.4, 0.5) is 0 Å². The lowest BCUT2D eigenvalue weighted by Gasteiger charge is -2.22. The molecule has 104 valence electrons. The van der Waals surface area contributed by atoms with Gasteiger partial charge in [0.2, 0.25) is 0 Å². The Morgan fingerprint density at radius 3 is 2.84 bits per heavy atom. The molecule has 0 aliphatic carbocycles. The van der Waals surface area contributed by atoms with Crippen LogP contribution in [0.25, 0.3) is 0 Å². The number of nitrogens with two attached hydrogens (primary N) is 1. The van der Waals surface area contributed by atoms with E-state index < -0.39 is 0 Å². The summed E-state index contributed by atoms with van der Waals surface area (Å²) in [5, 5.41) is 15.3. The van der Waals surface area contributed by atoms with E-state index in [1.54, 1.807) is 0 Å². The molecular formula is C14H21N3O2. The molecule has 0 unspecified atom stereocenters. The lowest BCUT2D eigenvalue weighted by Crippen LogP contribution is -2.28. The third kappa shape index (κ3) is 3.94.